The van der Waals surface area contributed by atoms with E-state index in [1.807, 2.05) is 4.90 Å². The van der Waals surface area contributed by atoms with Crippen LogP contribution in [0.25, 0.3) is 0 Å². The van der Waals surface area contributed by atoms with Crippen LogP contribution in [0.4, 0.5) is 8.78 Å². The molecular weight excluding hydrogens is 352 g/mol. The van der Waals surface area contributed by atoms with E-state index in [0.29, 0.717) is 13.1 Å². The minimum atomic E-state index is -2.35. The molecule has 1 aromatic rings. The molecule has 1 heterocycles. The average molecular weight is 383 g/mol. The minimum absolute atomic E-state index is 0.200. The summed E-state index contributed by atoms with van der Waals surface area (Å²) in [5, 5.41) is 8.87. The summed E-state index contributed by atoms with van der Waals surface area (Å²) in [7, 11) is 0. The van der Waals surface area contributed by atoms with Crippen molar-refractivity contribution in [2.75, 3.05) is 19.6 Å². The number of pyridine rings is 1. The van der Waals surface area contributed by atoms with E-state index in [-0.39, 0.29) is 19.4 Å². The number of carboxylic acid groups (broad SMARTS) is 1. The van der Waals surface area contributed by atoms with Gasteiger partial charge in [0.05, 0.1) is 0 Å². The van der Waals surface area contributed by atoms with E-state index < -0.39 is 18.4 Å². The lowest BCUT2D eigenvalue weighted by Gasteiger charge is -2.23. The van der Waals surface area contributed by atoms with Crippen LogP contribution in [-0.2, 0) is 24.1 Å². The monoisotopic (exact) mass is 383 g/mol. The third-order valence-corrected chi connectivity index (χ3v) is 5.13. The van der Waals surface area contributed by atoms with Crippen LogP contribution in [0.3, 0.4) is 0 Å². The van der Waals surface area contributed by atoms with E-state index in [9.17, 15) is 13.6 Å². The SMILES string of the molecule is N[C@@H](CCN(CCCCc1ccc2c(n1)CCCC2)CCC(F)F)C(=O)O. The second-order valence-electron chi connectivity index (χ2n) is 7.33. The summed E-state index contributed by atoms with van der Waals surface area (Å²) in [6.07, 6.45) is 5.04. The predicted molar refractivity (Wildman–Crippen MR) is 101 cm³/mol. The van der Waals surface area contributed by atoms with Gasteiger partial charge >= 0.3 is 5.97 Å². The van der Waals surface area contributed by atoms with E-state index in [1.54, 1.807) is 0 Å². The number of hydrogen-bond acceptors (Lipinski definition) is 4. The van der Waals surface area contributed by atoms with Crippen molar-refractivity contribution < 1.29 is 18.7 Å². The van der Waals surface area contributed by atoms with Crippen molar-refractivity contribution in [3.05, 3.63) is 29.1 Å². The molecule has 0 fully saturated rings. The van der Waals surface area contributed by atoms with Crippen molar-refractivity contribution in [1.29, 1.82) is 0 Å². The van der Waals surface area contributed by atoms with Crippen LogP contribution in [0.1, 0.15) is 55.5 Å². The largest absolute Gasteiger partial charge is 0.480 e. The summed E-state index contributed by atoms with van der Waals surface area (Å²) in [4.78, 5) is 17.5. The van der Waals surface area contributed by atoms with Crippen LogP contribution in [0.2, 0.25) is 0 Å². The lowest BCUT2D eigenvalue weighted by molar-refractivity contribution is -0.138. The molecule has 5 nitrogen and oxygen atoms in total. The van der Waals surface area contributed by atoms with Gasteiger partial charge in [-0.25, -0.2) is 8.78 Å². The molecule has 0 saturated carbocycles. The molecule has 1 aliphatic rings. The van der Waals surface area contributed by atoms with Gasteiger partial charge in [-0.2, -0.15) is 0 Å². The van der Waals surface area contributed by atoms with Crippen molar-refractivity contribution in [2.24, 2.45) is 5.73 Å². The third kappa shape index (κ3) is 7.89. The Morgan fingerprint density at radius 3 is 2.63 bits per heavy atom. The first-order valence-corrected chi connectivity index (χ1v) is 9.92. The van der Waals surface area contributed by atoms with Crippen molar-refractivity contribution in [2.45, 2.75) is 70.3 Å². The standard InChI is InChI=1S/C20H31F2N3O2/c21-19(22)11-14-25(13-10-17(23)20(26)27)12-4-3-6-16-9-8-15-5-1-2-7-18(15)24-16/h8-9,17,19H,1-7,10-14,23H2,(H,26,27)/t17-/m0/s1. The van der Waals surface area contributed by atoms with Crippen LogP contribution in [0.5, 0.6) is 0 Å². The molecule has 0 amide bonds. The van der Waals surface area contributed by atoms with Crippen LogP contribution < -0.4 is 5.73 Å². The number of carboxylic acids is 1. The van der Waals surface area contributed by atoms with E-state index in [2.05, 4.69) is 12.1 Å². The van der Waals surface area contributed by atoms with Crippen LogP contribution in [0, 0.1) is 0 Å². The summed E-state index contributed by atoms with van der Waals surface area (Å²) in [6.45, 7) is 1.36. The number of halogens is 2. The Balaban J connectivity index is 1.75. The highest BCUT2D eigenvalue weighted by atomic mass is 19.3. The van der Waals surface area contributed by atoms with Gasteiger partial charge in [-0.3, -0.25) is 9.78 Å². The molecule has 1 aromatic heterocycles. The van der Waals surface area contributed by atoms with Gasteiger partial charge in [0.15, 0.2) is 0 Å². The topological polar surface area (TPSA) is 79.5 Å². The summed E-state index contributed by atoms with van der Waals surface area (Å²) in [5.41, 5.74) is 9.23. The summed E-state index contributed by atoms with van der Waals surface area (Å²) >= 11 is 0. The highest BCUT2D eigenvalue weighted by Gasteiger charge is 2.15. The molecule has 0 aliphatic heterocycles. The molecule has 3 N–H and O–H groups in total. The van der Waals surface area contributed by atoms with Crippen molar-refractivity contribution in [3.8, 4) is 0 Å². The Kier molecular flexibility index (Phi) is 9.07. The molecule has 27 heavy (non-hydrogen) atoms. The highest BCUT2D eigenvalue weighted by Crippen LogP contribution is 2.20. The van der Waals surface area contributed by atoms with Crippen LogP contribution in [-0.4, -0.2) is 53.1 Å². The van der Waals surface area contributed by atoms with E-state index in [1.165, 1.54) is 24.1 Å². The summed E-state index contributed by atoms with van der Waals surface area (Å²) < 4.78 is 25.0. The first-order valence-electron chi connectivity index (χ1n) is 9.92. The van der Waals surface area contributed by atoms with Gasteiger partial charge < -0.3 is 15.7 Å². The van der Waals surface area contributed by atoms with Crippen molar-refractivity contribution in [1.82, 2.24) is 9.88 Å². The molecule has 0 spiro atoms. The van der Waals surface area contributed by atoms with Gasteiger partial charge in [-0.1, -0.05) is 6.07 Å². The second kappa shape index (κ2) is 11.3. The number of aliphatic carboxylic acids is 1. The minimum Gasteiger partial charge on any atom is -0.480 e. The molecule has 2 rings (SSSR count). The number of rotatable bonds is 12. The molecular formula is C20H31F2N3O2. The number of alkyl halides is 2. The lowest BCUT2D eigenvalue weighted by atomic mass is 9.95. The van der Waals surface area contributed by atoms with E-state index in [4.69, 9.17) is 15.8 Å². The quantitative estimate of drug-likeness (QED) is 0.543. The third-order valence-electron chi connectivity index (χ3n) is 5.13. The number of fused-ring (bicyclic) bond motifs is 1. The zero-order valence-electron chi connectivity index (χ0n) is 15.9. The maximum Gasteiger partial charge on any atom is 0.320 e. The zero-order chi connectivity index (χ0) is 19.6. The fraction of sp³-hybridized carbons (Fsp3) is 0.700. The Hall–Kier alpha value is -1.60. The Morgan fingerprint density at radius 2 is 1.89 bits per heavy atom. The van der Waals surface area contributed by atoms with E-state index in [0.717, 1.165) is 37.8 Å². The normalized spacial score (nSPS) is 15.1. The number of hydrogen-bond donors (Lipinski definition) is 2. The fourth-order valence-corrected chi connectivity index (χ4v) is 3.47. The van der Waals surface area contributed by atoms with Gasteiger partial charge in [0.2, 0.25) is 6.43 Å². The molecule has 7 heteroatoms. The van der Waals surface area contributed by atoms with Gasteiger partial charge in [-0.05, 0) is 69.5 Å². The molecule has 1 aliphatic carbocycles. The highest BCUT2D eigenvalue weighted by molar-refractivity contribution is 5.72. The smallest absolute Gasteiger partial charge is 0.320 e. The molecule has 0 radical (unpaired) electrons. The van der Waals surface area contributed by atoms with E-state index >= 15 is 0 Å². The molecule has 0 saturated heterocycles. The predicted octanol–water partition coefficient (Wildman–Crippen LogP) is 3.04. The summed E-state index contributed by atoms with van der Waals surface area (Å²) in [5.74, 6) is -1.05. The van der Waals surface area contributed by atoms with Crippen molar-refractivity contribution >= 4 is 5.97 Å². The lowest BCUT2D eigenvalue weighted by Crippen LogP contribution is -2.36. The van der Waals surface area contributed by atoms with Gasteiger partial charge in [0, 0.05) is 30.9 Å². The number of aromatic nitrogens is 1. The zero-order valence-corrected chi connectivity index (χ0v) is 15.9. The maximum absolute atomic E-state index is 12.5. The number of unbranched alkanes of at least 4 members (excludes halogenated alkanes) is 1. The molecule has 0 aromatic carbocycles. The molecule has 152 valence electrons. The molecule has 0 bridgehead atoms. The number of nitrogens with two attached hydrogens (primary N) is 1. The first kappa shape index (κ1) is 21.7. The maximum atomic E-state index is 12.5. The second-order valence-corrected chi connectivity index (χ2v) is 7.33. The molecule has 0 unspecified atom stereocenters. The number of carbonyl (C=O) groups is 1. The van der Waals surface area contributed by atoms with Gasteiger partial charge in [0.25, 0.3) is 0 Å². The van der Waals surface area contributed by atoms with Gasteiger partial charge in [0.1, 0.15) is 6.04 Å². The molecule has 1 atom stereocenters. The summed E-state index contributed by atoms with van der Waals surface area (Å²) in [6, 6.07) is 3.35. The Labute approximate surface area is 160 Å². The van der Waals surface area contributed by atoms with Gasteiger partial charge in [-0.15, -0.1) is 0 Å². The van der Waals surface area contributed by atoms with Crippen LogP contribution in [0.15, 0.2) is 12.1 Å². The first-order chi connectivity index (χ1) is 13.0. The number of nitrogens with zero attached hydrogens (tertiary/aromatic N) is 2. The fourth-order valence-electron chi connectivity index (χ4n) is 3.47. The number of aryl methyl sites for hydroxylation is 3. The average Bonchev–Trinajstić information content (AvgIpc) is 2.65. The van der Waals surface area contributed by atoms with Crippen molar-refractivity contribution in [3.63, 3.8) is 0 Å². The van der Waals surface area contributed by atoms with Crippen LogP contribution >= 0.6 is 0 Å². The Bertz CT molecular complexity index is 599. The Morgan fingerprint density at radius 1 is 1.15 bits per heavy atom.